The summed E-state index contributed by atoms with van der Waals surface area (Å²) in [6, 6.07) is -0.202. The molecule has 22 heavy (non-hydrogen) atoms. The maximum atomic E-state index is 12.6. The van der Waals surface area contributed by atoms with Crippen molar-refractivity contribution in [2.75, 3.05) is 18.1 Å². The third-order valence-corrected chi connectivity index (χ3v) is 6.83. The molecule has 1 saturated heterocycles. The van der Waals surface area contributed by atoms with E-state index in [9.17, 15) is 13.2 Å². The van der Waals surface area contributed by atoms with Crippen LogP contribution in [-0.2, 0) is 21.7 Å². The van der Waals surface area contributed by atoms with Crippen LogP contribution in [0.15, 0.2) is 5.16 Å². The molecule has 2 rings (SSSR count). The summed E-state index contributed by atoms with van der Waals surface area (Å²) in [6.07, 6.45) is 0.530. The van der Waals surface area contributed by atoms with Gasteiger partial charge in [0.2, 0.25) is 5.91 Å². The van der Waals surface area contributed by atoms with Gasteiger partial charge in [-0.05, 0) is 27.2 Å². The zero-order valence-corrected chi connectivity index (χ0v) is 14.9. The fourth-order valence-electron chi connectivity index (χ4n) is 2.55. The second kappa shape index (κ2) is 6.57. The summed E-state index contributed by atoms with van der Waals surface area (Å²) >= 11 is 1.35. The first kappa shape index (κ1) is 17.3. The van der Waals surface area contributed by atoms with Crippen LogP contribution in [0.25, 0.3) is 0 Å². The number of thioether (sulfide) groups is 1. The Morgan fingerprint density at radius 3 is 2.64 bits per heavy atom. The number of amides is 1. The highest BCUT2D eigenvalue weighted by atomic mass is 32.2. The standard InChI is InChI=1S/C13H22N4O3S2/c1-5-17(11-6-7-22(19,20)8-11)12(18)9(2)21-13-15-14-10(3)16(13)4/h9,11H,5-8H2,1-4H3/t9-,11-/m1/s1. The van der Waals surface area contributed by atoms with Gasteiger partial charge in [0.1, 0.15) is 5.82 Å². The van der Waals surface area contributed by atoms with E-state index in [2.05, 4.69) is 10.2 Å². The number of carbonyl (C=O) groups excluding carboxylic acids is 1. The Labute approximate surface area is 135 Å². The topological polar surface area (TPSA) is 85.2 Å². The number of hydrogen-bond acceptors (Lipinski definition) is 6. The smallest absolute Gasteiger partial charge is 0.236 e. The van der Waals surface area contributed by atoms with Crippen molar-refractivity contribution in [2.45, 2.75) is 43.6 Å². The number of hydrogen-bond donors (Lipinski definition) is 0. The molecule has 1 amide bonds. The van der Waals surface area contributed by atoms with Gasteiger partial charge in [-0.3, -0.25) is 4.79 Å². The lowest BCUT2D eigenvalue weighted by atomic mass is 10.2. The molecule has 124 valence electrons. The van der Waals surface area contributed by atoms with Gasteiger partial charge in [0, 0.05) is 19.6 Å². The lowest BCUT2D eigenvalue weighted by Crippen LogP contribution is -2.44. The van der Waals surface area contributed by atoms with Crippen LogP contribution in [-0.4, -0.2) is 63.3 Å². The molecule has 1 aromatic heterocycles. The summed E-state index contributed by atoms with van der Waals surface area (Å²) in [4.78, 5) is 14.3. The molecule has 2 heterocycles. The second-order valence-corrected chi connectivity index (χ2v) is 9.07. The predicted molar refractivity (Wildman–Crippen MR) is 85.5 cm³/mol. The third-order valence-electron chi connectivity index (χ3n) is 3.96. The highest BCUT2D eigenvalue weighted by Gasteiger charge is 2.35. The average molecular weight is 346 g/mol. The van der Waals surface area contributed by atoms with E-state index in [0.717, 1.165) is 5.82 Å². The fraction of sp³-hybridized carbons (Fsp3) is 0.769. The molecular weight excluding hydrogens is 324 g/mol. The Morgan fingerprint density at radius 1 is 1.50 bits per heavy atom. The van der Waals surface area contributed by atoms with Gasteiger partial charge in [-0.2, -0.15) is 0 Å². The van der Waals surface area contributed by atoms with Gasteiger partial charge in [0.05, 0.1) is 16.8 Å². The summed E-state index contributed by atoms with van der Waals surface area (Å²) in [5.41, 5.74) is 0. The maximum Gasteiger partial charge on any atom is 0.236 e. The third kappa shape index (κ3) is 3.62. The first-order valence-electron chi connectivity index (χ1n) is 7.28. The highest BCUT2D eigenvalue weighted by Crippen LogP contribution is 2.25. The van der Waals surface area contributed by atoms with Gasteiger partial charge in [-0.15, -0.1) is 10.2 Å². The molecule has 2 atom stereocenters. The molecular formula is C13H22N4O3S2. The van der Waals surface area contributed by atoms with E-state index < -0.39 is 9.84 Å². The van der Waals surface area contributed by atoms with Gasteiger partial charge < -0.3 is 9.47 Å². The van der Waals surface area contributed by atoms with Gasteiger partial charge in [-0.1, -0.05) is 11.8 Å². The largest absolute Gasteiger partial charge is 0.338 e. The number of nitrogens with zero attached hydrogens (tertiary/aromatic N) is 4. The molecule has 1 aromatic rings. The zero-order chi connectivity index (χ0) is 16.5. The van der Waals surface area contributed by atoms with Crippen LogP contribution in [0.3, 0.4) is 0 Å². The minimum absolute atomic E-state index is 0.0461. The van der Waals surface area contributed by atoms with Crippen LogP contribution in [0, 0.1) is 6.92 Å². The minimum Gasteiger partial charge on any atom is -0.338 e. The number of carbonyl (C=O) groups is 1. The molecule has 0 unspecified atom stereocenters. The molecule has 0 spiro atoms. The molecule has 7 nitrogen and oxygen atoms in total. The molecule has 0 saturated carbocycles. The summed E-state index contributed by atoms with van der Waals surface area (Å²) in [7, 11) is -1.14. The Kier molecular flexibility index (Phi) is 5.16. The van der Waals surface area contributed by atoms with E-state index in [-0.39, 0.29) is 28.7 Å². The Balaban J connectivity index is 2.06. The Morgan fingerprint density at radius 2 is 2.18 bits per heavy atom. The average Bonchev–Trinajstić information content (AvgIpc) is 2.96. The van der Waals surface area contributed by atoms with Crippen molar-refractivity contribution in [1.82, 2.24) is 19.7 Å². The highest BCUT2D eigenvalue weighted by molar-refractivity contribution is 8.00. The van der Waals surface area contributed by atoms with Crippen LogP contribution in [0.5, 0.6) is 0 Å². The van der Waals surface area contributed by atoms with E-state index in [4.69, 9.17) is 0 Å². The SMILES string of the molecule is CCN(C(=O)[C@@H](C)Sc1nnc(C)n1C)[C@@H]1CCS(=O)(=O)C1. The lowest BCUT2D eigenvalue weighted by Gasteiger charge is -2.29. The van der Waals surface area contributed by atoms with Crippen LogP contribution >= 0.6 is 11.8 Å². The molecule has 0 N–H and O–H groups in total. The van der Waals surface area contributed by atoms with Crippen molar-refractivity contribution in [2.24, 2.45) is 7.05 Å². The molecule has 1 aliphatic heterocycles. The molecule has 9 heteroatoms. The summed E-state index contributed by atoms with van der Waals surface area (Å²) in [6.45, 7) is 6.07. The first-order chi connectivity index (χ1) is 10.2. The van der Waals surface area contributed by atoms with Crippen molar-refractivity contribution in [3.05, 3.63) is 5.82 Å². The Bertz CT molecular complexity index is 656. The van der Waals surface area contributed by atoms with E-state index in [1.807, 2.05) is 32.4 Å². The molecule has 0 bridgehead atoms. The van der Waals surface area contributed by atoms with Gasteiger partial charge >= 0.3 is 0 Å². The Hall–Kier alpha value is -1.09. The van der Waals surface area contributed by atoms with Gasteiger partial charge in [0.25, 0.3) is 0 Å². The lowest BCUT2D eigenvalue weighted by molar-refractivity contribution is -0.131. The van der Waals surface area contributed by atoms with E-state index >= 15 is 0 Å². The van der Waals surface area contributed by atoms with Crippen LogP contribution in [0.4, 0.5) is 0 Å². The molecule has 0 radical (unpaired) electrons. The van der Waals surface area contributed by atoms with Crippen molar-refractivity contribution in [1.29, 1.82) is 0 Å². The summed E-state index contributed by atoms with van der Waals surface area (Å²) in [5, 5.41) is 8.39. The first-order valence-corrected chi connectivity index (χ1v) is 9.98. The zero-order valence-electron chi connectivity index (χ0n) is 13.3. The van der Waals surface area contributed by atoms with Crippen molar-refractivity contribution in [3.8, 4) is 0 Å². The van der Waals surface area contributed by atoms with E-state index in [0.29, 0.717) is 18.1 Å². The fourth-order valence-corrected chi connectivity index (χ4v) is 5.21. The van der Waals surface area contributed by atoms with Crippen molar-refractivity contribution >= 4 is 27.5 Å². The number of sulfone groups is 1. The van der Waals surface area contributed by atoms with E-state index in [1.165, 1.54) is 11.8 Å². The summed E-state index contributed by atoms with van der Waals surface area (Å²) in [5.74, 6) is 0.991. The van der Waals surface area contributed by atoms with Gasteiger partial charge in [0.15, 0.2) is 15.0 Å². The summed E-state index contributed by atoms with van der Waals surface area (Å²) < 4.78 is 25.1. The molecule has 1 fully saturated rings. The van der Waals surface area contributed by atoms with Gasteiger partial charge in [-0.25, -0.2) is 8.42 Å². The van der Waals surface area contributed by atoms with Crippen molar-refractivity contribution < 1.29 is 13.2 Å². The van der Waals surface area contributed by atoms with Crippen LogP contribution < -0.4 is 0 Å². The molecule has 0 aromatic carbocycles. The number of aryl methyl sites for hydroxylation is 1. The second-order valence-electron chi connectivity index (χ2n) is 5.53. The van der Waals surface area contributed by atoms with Crippen LogP contribution in [0.2, 0.25) is 0 Å². The maximum absolute atomic E-state index is 12.6. The van der Waals surface area contributed by atoms with Crippen molar-refractivity contribution in [3.63, 3.8) is 0 Å². The molecule has 1 aliphatic rings. The normalized spacial score (nSPS) is 21.7. The monoisotopic (exact) mass is 346 g/mol. The molecule has 0 aliphatic carbocycles. The minimum atomic E-state index is -3.00. The van der Waals surface area contributed by atoms with Crippen LogP contribution in [0.1, 0.15) is 26.1 Å². The quantitative estimate of drug-likeness (QED) is 0.728. The van der Waals surface area contributed by atoms with E-state index in [1.54, 1.807) is 4.90 Å². The number of rotatable bonds is 5. The number of aromatic nitrogens is 3. The predicted octanol–water partition coefficient (Wildman–Crippen LogP) is 0.640.